The molecule has 0 atom stereocenters. The normalized spacial score (nSPS) is 11.9. The van der Waals surface area contributed by atoms with Crippen LogP contribution in [0.25, 0.3) is 56.0 Å². The molecule has 10 nitrogen and oxygen atoms in total. The van der Waals surface area contributed by atoms with Crippen molar-refractivity contribution >= 4 is 33.7 Å². The van der Waals surface area contributed by atoms with Crippen molar-refractivity contribution < 1.29 is 13.6 Å². The van der Waals surface area contributed by atoms with Crippen molar-refractivity contribution in [2.24, 2.45) is 5.41 Å². The summed E-state index contributed by atoms with van der Waals surface area (Å²) < 4.78 is 21.2. The van der Waals surface area contributed by atoms with Gasteiger partial charge in [0.15, 0.2) is 11.5 Å². The number of aromatic nitrogens is 7. The Balaban J connectivity index is 1.44. The molecule has 0 aromatic carbocycles. The Morgan fingerprint density at radius 3 is 2.76 bits per heavy atom. The van der Waals surface area contributed by atoms with Gasteiger partial charge in [-0.25, -0.2) is 14.4 Å². The second kappa shape index (κ2) is 8.33. The maximum Gasteiger partial charge on any atom is 0.229 e. The number of aromatic amines is 2. The molecule has 37 heavy (non-hydrogen) atoms. The molecule has 6 aromatic heterocycles. The third-order valence-electron chi connectivity index (χ3n) is 5.94. The highest BCUT2D eigenvalue weighted by Gasteiger charge is 2.23. The molecule has 0 saturated heterocycles. The number of pyridine rings is 3. The fourth-order valence-corrected chi connectivity index (χ4v) is 3.96. The second-order valence-corrected chi connectivity index (χ2v) is 9.60. The lowest BCUT2D eigenvalue weighted by atomic mass is 9.95. The number of amides is 1. The van der Waals surface area contributed by atoms with E-state index in [0.717, 1.165) is 11.1 Å². The summed E-state index contributed by atoms with van der Waals surface area (Å²) in [4.78, 5) is 33.3. The predicted molar refractivity (Wildman–Crippen MR) is 136 cm³/mol. The Bertz CT molecular complexity index is 1780. The fourth-order valence-electron chi connectivity index (χ4n) is 3.96. The van der Waals surface area contributed by atoms with Gasteiger partial charge in [-0.2, -0.15) is 5.10 Å². The monoisotopic (exact) mass is 496 g/mol. The molecule has 0 spiro atoms. The van der Waals surface area contributed by atoms with Crippen LogP contribution in [0.5, 0.6) is 0 Å². The molecule has 0 saturated carbocycles. The van der Waals surface area contributed by atoms with E-state index in [2.05, 4.69) is 40.4 Å². The highest BCUT2D eigenvalue weighted by molar-refractivity contribution is 5.97. The predicted octanol–water partition coefficient (Wildman–Crippen LogP) is 5.34. The lowest BCUT2D eigenvalue weighted by molar-refractivity contribution is -0.123. The number of hydrogen-bond acceptors (Lipinski definition) is 7. The van der Waals surface area contributed by atoms with E-state index >= 15 is 4.39 Å². The zero-order valence-electron chi connectivity index (χ0n) is 20.1. The molecule has 6 rings (SSSR count). The van der Waals surface area contributed by atoms with Gasteiger partial charge < -0.3 is 14.7 Å². The van der Waals surface area contributed by atoms with E-state index in [0.29, 0.717) is 34.0 Å². The molecule has 0 radical (unpaired) electrons. The molecule has 0 unspecified atom stereocenters. The van der Waals surface area contributed by atoms with Crippen LogP contribution >= 0.6 is 0 Å². The van der Waals surface area contributed by atoms with E-state index in [1.165, 1.54) is 18.6 Å². The number of nitrogens with one attached hydrogen (secondary N) is 3. The molecular formula is C26H21FN8O2. The average Bonchev–Trinajstić information content (AvgIpc) is 3.63. The molecule has 3 N–H and O–H groups in total. The first-order chi connectivity index (χ1) is 17.8. The summed E-state index contributed by atoms with van der Waals surface area (Å²) in [5, 5.41) is 10.0. The maximum absolute atomic E-state index is 16.0. The van der Waals surface area contributed by atoms with Gasteiger partial charge in [0.25, 0.3) is 0 Å². The lowest BCUT2D eigenvalue weighted by Crippen LogP contribution is -2.27. The highest BCUT2D eigenvalue weighted by Crippen LogP contribution is 2.34. The summed E-state index contributed by atoms with van der Waals surface area (Å²) in [7, 11) is 0. The summed E-state index contributed by atoms with van der Waals surface area (Å²) in [5.41, 5.74) is 3.84. The van der Waals surface area contributed by atoms with Crippen LogP contribution in [-0.2, 0) is 4.79 Å². The summed E-state index contributed by atoms with van der Waals surface area (Å²) in [6.45, 7) is 5.43. The number of hydrogen-bond donors (Lipinski definition) is 3. The minimum atomic E-state index is -0.590. The van der Waals surface area contributed by atoms with Crippen LogP contribution in [-0.4, -0.2) is 41.0 Å². The van der Waals surface area contributed by atoms with Crippen molar-refractivity contribution in [1.29, 1.82) is 0 Å². The first-order valence-electron chi connectivity index (χ1n) is 11.5. The molecule has 6 aromatic rings. The molecule has 6 heterocycles. The van der Waals surface area contributed by atoms with E-state index in [9.17, 15) is 4.79 Å². The number of halogens is 1. The standard InChI is InChI=1S/C26H21FN8O2/c1-26(2,3)25(36)31-15-8-14(9-28-10-15)16-11-30-23-18(19(16)27)22(34-35-23)24-32-17-4-6-29-20(21(17)33-24)13-5-7-37-12-13/h4-12H,1-3H3,(H,31,36)(H,32,33)(H,30,34,35). The maximum atomic E-state index is 16.0. The van der Waals surface area contributed by atoms with Gasteiger partial charge in [0.2, 0.25) is 5.91 Å². The second-order valence-electron chi connectivity index (χ2n) is 9.60. The number of nitrogens with zero attached hydrogens (tertiary/aromatic N) is 5. The Kier molecular flexibility index (Phi) is 5.07. The van der Waals surface area contributed by atoms with Crippen LogP contribution in [0.15, 0.2) is 59.9 Å². The summed E-state index contributed by atoms with van der Waals surface area (Å²) in [5.74, 6) is -0.326. The molecule has 184 valence electrons. The van der Waals surface area contributed by atoms with Gasteiger partial charge in [-0.1, -0.05) is 20.8 Å². The number of carbonyl (C=O) groups is 1. The number of H-pyrrole nitrogens is 2. The van der Waals surface area contributed by atoms with E-state index in [-0.39, 0.29) is 22.5 Å². The molecule has 0 fully saturated rings. The smallest absolute Gasteiger partial charge is 0.229 e. The van der Waals surface area contributed by atoms with Gasteiger partial charge in [0.1, 0.15) is 22.7 Å². The van der Waals surface area contributed by atoms with Crippen LogP contribution < -0.4 is 5.32 Å². The van der Waals surface area contributed by atoms with Crippen LogP contribution in [0.2, 0.25) is 0 Å². The van der Waals surface area contributed by atoms with Gasteiger partial charge in [-0.15, -0.1) is 0 Å². The van der Waals surface area contributed by atoms with Crippen molar-refractivity contribution in [3.8, 4) is 33.9 Å². The minimum Gasteiger partial charge on any atom is -0.472 e. The van der Waals surface area contributed by atoms with Crippen molar-refractivity contribution in [3.05, 3.63) is 61.3 Å². The summed E-state index contributed by atoms with van der Waals surface area (Å²) >= 11 is 0. The first kappa shape index (κ1) is 22.5. The summed E-state index contributed by atoms with van der Waals surface area (Å²) in [6.07, 6.45) is 9.24. The molecule has 1 amide bonds. The first-order valence-corrected chi connectivity index (χ1v) is 11.5. The van der Waals surface area contributed by atoms with E-state index in [1.54, 1.807) is 36.9 Å². The minimum absolute atomic E-state index is 0.174. The zero-order chi connectivity index (χ0) is 25.7. The van der Waals surface area contributed by atoms with Crippen LogP contribution in [0, 0.1) is 11.2 Å². The highest BCUT2D eigenvalue weighted by atomic mass is 19.1. The van der Waals surface area contributed by atoms with Crippen molar-refractivity contribution in [2.45, 2.75) is 20.8 Å². The molecule has 0 aliphatic rings. The fraction of sp³-hybridized carbons (Fsp3) is 0.154. The average molecular weight is 497 g/mol. The quantitative estimate of drug-likeness (QED) is 0.299. The topological polar surface area (TPSA) is 138 Å². The SMILES string of the molecule is CC(C)(C)C(=O)Nc1cncc(-c2cnc3n[nH]c(-c4nc5c(-c6ccoc6)nccc5[nH]4)c3c2F)c1. The molecule has 0 aliphatic carbocycles. The number of furan rings is 1. The Hall–Kier alpha value is -4.93. The number of rotatable bonds is 4. The third-order valence-corrected chi connectivity index (χ3v) is 5.94. The third kappa shape index (κ3) is 3.90. The Morgan fingerprint density at radius 1 is 1.11 bits per heavy atom. The van der Waals surface area contributed by atoms with Crippen molar-refractivity contribution in [3.63, 3.8) is 0 Å². The van der Waals surface area contributed by atoms with Gasteiger partial charge >= 0.3 is 0 Å². The molecular weight excluding hydrogens is 475 g/mol. The summed E-state index contributed by atoms with van der Waals surface area (Å²) in [6, 6.07) is 5.24. The van der Waals surface area contributed by atoms with Crippen LogP contribution in [0.4, 0.5) is 10.1 Å². The largest absolute Gasteiger partial charge is 0.472 e. The Labute approximate surface area is 209 Å². The van der Waals surface area contributed by atoms with E-state index < -0.39 is 11.2 Å². The van der Waals surface area contributed by atoms with Gasteiger partial charge in [0.05, 0.1) is 35.3 Å². The van der Waals surface area contributed by atoms with Gasteiger partial charge in [-0.3, -0.25) is 19.9 Å². The lowest BCUT2D eigenvalue weighted by Gasteiger charge is -2.17. The zero-order valence-corrected chi connectivity index (χ0v) is 20.1. The number of fused-ring (bicyclic) bond motifs is 2. The number of anilines is 1. The van der Waals surface area contributed by atoms with E-state index in [1.807, 2.05) is 20.8 Å². The molecule has 11 heteroatoms. The molecule has 0 bridgehead atoms. The van der Waals surface area contributed by atoms with Gasteiger partial charge in [0, 0.05) is 40.7 Å². The molecule has 0 aliphatic heterocycles. The number of carbonyl (C=O) groups excluding carboxylic acids is 1. The van der Waals surface area contributed by atoms with Gasteiger partial charge in [-0.05, 0) is 18.2 Å². The van der Waals surface area contributed by atoms with Crippen LogP contribution in [0.3, 0.4) is 0 Å². The van der Waals surface area contributed by atoms with Crippen LogP contribution in [0.1, 0.15) is 20.8 Å². The van der Waals surface area contributed by atoms with E-state index in [4.69, 9.17) is 4.42 Å². The Morgan fingerprint density at radius 2 is 1.97 bits per heavy atom. The number of imidazole rings is 1. The van der Waals surface area contributed by atoms with Crippen molar-refractivity contribution in [1.82, 2.24) is 35.1 Å². The van der Waals surface area contributed by atoms with Crippen molar-refractivity contribution in [2.75, 3.05) is 5.32 Å².